The van der Waals surface area contributed by atoms with Crippen molar-refractivity contribution in [1.29, 1.82) is 0 Å². The summed E-state index contributed by atoms with van der Waals surface area (Å²) in [7, 11) is 0. The Balaban J connectivity index is 1.56. The lowest BCUT2D eigenvalue weighted by Crippen LogP contribution is -2.46. The Morgan fingerprint density at radius 1 is 1.19 bits per heavy atom. The highest BCUT2D eigenvalue weighted by Gasteiger charge is 2.27. The number of benzene rings is 1. The lowest BCUT2D eigenvalue weighted by molar-refractivity contribution is -0.119. The van der Waals surface area contributed by atoms with Crippen molar-refractivity contribution >= 4 is 17.8 Å². The van der Waals surface area contributed by atoms with E-state index in [4.69, 9.17) is 0 Å². The van der Waals surface area contributed by atoms with Crippen LogP contribution in [0.1, 0.15) is 12.5 Å². The van der Waals surface area contributed by atoms with Crippen molar-refractivity contribution < 1.29 is 19.1 Å². The van der Waals surface area contributed by atoms with Crippen LogP contribution in [0, 0.1) is 17.7 Å². The van der Waals surface area contributed by atoms with Crippen molar-refractivity contribution in [3.8, 4) is 28.8 Å². The van der Waals surface area contributed by atoms with Crippen molar-refractivity contribution in [3.05, 3.63) is 41.7 Å². The van der Waals surface area contributed by atoms with E-state index < -0.39 is 23.8 Å². The molecule has 1 unspecified atom stereocenters. The number of aromatic nitrogens is 1. The van der Waals surface area contributed by atoms with Gasteiger partial charge in [-0.1, -0.05) is 18.8 Å². The minimum absolute atomic E-state index is 0.112. The summed E-state index contributed by atoms with van der Waals surface area (Å²) in [6.45, 7) is 6.61. The third-order valence-corrected chi connectivity index (χ3v) is 5.36. The highest BCUT2D eigenvalue weighted by molar-refractivity contribution is 6.05. The van der Waals surface area contributed by atoms with Gasteiger partial charge in [-0.05, 0) is 36.9 Å². The number of nitrogens with zero attached hydrogens (tertiary/aromatic N) is 3. The van der Waals surface area contributed by atoms with Crippen LogP contribution in [0.25, 0.3) is 11.3 Å². The standard InChI is InChI=1S/C22H22FN5O3/c1-2-27-9-11-28(12-10-27)19-8-7-18(29)20(25-19)15-5-3-14(13-16(15)23)4-6-17-21(30)26-22(31)24-17/h3,5,7-8,13,17,29H,2,9-12H2,1H3,(H2,24,26,30,31). The van der Waals surface area contributed by atoms with E-state index in [9.17, 15) is 19.1 Å². The number of halogens is 1. The molecule has 3 heterocycles. The summed E-state index contributed by atoms with van der Waals surface area (Å²) in [6, 6.07) is 5.97. The Bertz CT molecular complexity index is 1090. The Labute approximate surface area is 179 Å². The second-order valence-electron chi connectivity index (χ2n) is 7.32. The highest BCUT2D eigenvalue weighted by atomic mass is 19.1. The van der Waals surface area contributed by atoms with E-state index in [2.05, 4.69) is 44.2 Å². The summed E-state index contributed by atoms with van der Waals surface area (Å²) in [5.41, 5.74) is 0.653. The molecule has 4 rings (SSSR count). The SMILES string of the molecule is CCN1CCN(c2ccc(O)c(-c3ccc(C#CC4NC(=O)NC4=O)cc3F)n2)CC1. The lowest BCUT2D eigenvalue weighted by Gasteiger charge is -2.34. The third kappa shape index (κ3) is 4.44. The molecule has 2 aliphatic heterocycles. The number of piperazine rings is 1. The maximum absolute atomic E-state index is 14.8. The largest absolute Gasteiger partial charge is 0.506 e. The van der Waals surface area contributed by atoms with E-state index in [0.29, 0.717) is 11.4 Å². The first kappa shape index (κ1) is 20.6. The average molecular weight is 423 g/mol. The van der Waals surface area contributed by atoms with Crippen LogP contribution in [0.4, 0.5) is 15.0 Å². The Morgan fingerprint density at radius 3 is 2.61 bits per heavy atom. The maximum Gasteiger partial charge on any atom is 0.322 e. The van der Waals surface area contributed by atoms with Crippen molar-refractivity contribution in [2.45, 2.75) is 13.0 Å². The van der Waals surface area contributed by atoms with Gasteiger partial charge in [0.1, 0.15) is 23.1 Å². The van der Waals surface area contributed by atoms with E-state index in [-0.39, 0.29) is 17.0 Å². The van der Waals surface area contributed by atoms with Crippen LogP contribution >= 0.6 is 0 Å². The zero-order valence-corrected chi connectivity index (χ0v) is 17.0. The predicted molar refractivity (Wildman–Crippen MR) is 113 cm³/mol. The second kappa shape index (κ2) is 8.62. The number of pyridine rings is 1. The van der Waals surface area contributed by atoms with E-state index in [1.807, 2.05) is 0 Å². The quantitative estimate of drug-likeness (QED) is 0.509. The molecule has 3 N–H and O–H groups in total. The minimum Gasteiger partial charge on any atom is -0.506 e. The molecule has 2 fully saturated rings. The Morgan fingerprint density at radius 2 is 1.97 bits per heavy atom. The first-order valence-electron chi connectivity index (χ1n) is 10.0. The molecule has 0 bridgehead atoms. The number of anilines is 1. The Kier molecular flexibility index (Phi) is 5.73. The number of likely N-dealkylation sites (N-methyl/N-ethyl adjacent to an activating group) is 1. The van der Waals surface area contributed by atoms with E-state index >= 15 is 0 Å². The first-order chi connectivity index (χ1) is 14.9. The number of carbonyl (C=O) groups excluding carboxylic acids is 2. The van der Waals surface area contributed by atoms with Gasteiger partial charge >= 0.3 is 6.03 Å². The lowest BCUT2D eigenvalue weighted by atomic mass is 10.1. The number of carbonyl (C=O) groups is 2. The molecule has 160 valence electrons. The summed E-state index contributed by atoms with van der Waals surface area (Å²) in [5, 5.41) is 14.7. The molecule has 1 aromatic carbocycles. The highest BCUT2D eigenvalue weighted by Crippen LogP contribution is 2.32. The normalized spacial score (nSPS) is 18.9. The van der Waals surface area contributed by atoms with Gasteiger partial charge in [0.25, 0.3) is 5.91 Å². The number of imide groups is 1. The van der Waals surface area contributed by atoms with Crippen LogP contribution in [0.3, 0.4) is 0 Å². The van der Waals surface area contributed by atoms with E-state index in [0.717, 1.165) is 32.7 Å². The minimum atomic E-state index is -0.967. The summed E-state index contributed by atoms with van der Waals surface area (Å²) >= 11 is 0. The van der Waals surface area contributed by atoms with Gasteiger partial charge in [-0.2, -0.15) is 0 Å². The van der Waals surface area contributed by atoms with Crippen molar-refractivity contribution in [2.75, 3.05) is 37.6 Å². The van der Waals surface area contributed by atoms with Gasteiger partial charge in [-0.15, -0.1) is 0 Å². The number of urea groups is 1. The van der Waals surface area contributed by atoms with Gasteiger partial charge in [-0.3, -0.25) is 10.1 Å². The molecule has 2 aromatic rings. The molecule has 1 aromatic heterocycles. The molecule has 9 heteroatoms. The number of nitrogens with one attached hydrogen (secondary N) is 2. The molecule has 3 amide bonds. The molecule has 0 aliphatic carbocycles. The molecular formula is C22H22FN5O3. The molecule has 0 radical (unpaired) electrons. The fraction of sp³-hybridized carbons (Fsp3) is 0.318. The molecule has 2 saturated heterocycles. The molecule has 2 aliphatic rings. The smallest absolute Gasteiger partial charge is 0.322 e. The van der Waals surface area contributed by atoms with Crippen LogP contribution in [-0.2, 0) is 4.79 Å². The summed E-state index contributed by atoms with van der Waals surface area (Å²) in [5.74, 6) is 4.72. The molecule has 1 atom stereocenters. The second-order valence-corrected chi connectivity index (χ2v) is 7.32. The van der Waals surface area contributed by atoms with E-state index in [1.165, 1.54) is 18.2 Å². The van der Waals surface area contributed by atoms with E-state index in [1.54, 1.807) is 12.1 Å². The molecular weight excluding hydrogens is 401 g/mol. The summed E-state index contributed by atoms with van der Waals surface area (Å²) in [4.78, 5) is 31.6. The monoisotopic (exact) mass is 423 g/mol. The first-order valence-corrected chi connectivity index (χ1v) is 10.0. The molecule has 0 spiro atoms. The van der Waals surface area contributed by atoms with Crippen LogP contribution < -0.4 is 15.5 Å². The van der Waals surface area contributed by atoms with Gasteiger partial charge in [-0.25, -0.2) is 14.2 Å². The Hall–Kier alpha value is -3.64. The summed E-state index contributed by atoms with van der Waals surface area (Å²) < 4.78 is 14.8. The summed E-state index contributed by atoms with van der Waals surface area (Å²) in [6.07, 6.45) is 0. The van der Waals surface area contributed by atoms with Crippen LogP contribution in [0.5, 0.6) is 5.75 Å². The van der Waals surface area contributed by atoms with Gasteiger partial charge in [0, 0.05) is 37.3 Å². The van der Waals surface area contributed by atoms with Crippen LogP contribution in [0.2, 0.25) is 0 Å². The van der Waals surface area contributed by atoms with Crippen molar-refractivity contribution in [2.24, 2.45) is 0 Å². The molecule has 31 heavy (non-hydrogen) atoms. The number of amides is 3. The zero-order chi connectivity index (χ0) is 22.0. The van der Waals surface area contributed by atoms with Crippen molar-refractivity contribution in [3.63, 3.8) is 0 Å². The number of hydrogen-bond acceptors (Lipinski definition) is 6. The third-order valence-electron chi connectivity index (χ3n) is 5.36. The number of rotatable bonds is 3. The fourth-order valence-electron chi connectivity index (χ4n) is 3.57. The fourth-order valence-corrected chi connectivity index (χ4v) is 3.57. The number of aromatic hydroxyl groups is 1. The van der Waals surface area contributed by atoms with Crippen LogP contribution in [-0.4, -0.2) is 65.7 Å². The zero-order valence-electron chi connectivity index (χ0n) is 17.0. The average Bonchev–Trinajstić information content (AvgIpc) is 3.10. The van der Waals surface area contributed by atoms with Crippen molar-refractivity contribution in [1.82, 2.24) is 20.5 Å². The van der Waals surface area contributed by atoms with Gasteiger partial charge < -0.3 is 20.2 Å². The molecule has 0 saturated carbocycles. The molecule has 8 nitrogen and oxygen atoms in total. The maximum atomic E-state index is 14.8. The van der Waals surface area contributed by atoms with Gasteiger partial charge in [0.2, 0.25) is 0 Å². The van der Waals surface area contributed by atoms with Crippen LogP contribution in [0.15, 0.2) is 30.3 Å². The van der Waals surface area contributed by atoms with Gasteiger partial charge in [0.05, 0.1) is 0 Å². The van der Waals surface area contributed by atoms with Gasteiger partial charge in [0.15, 0.2) is 6.04 Å². The topological polar surface area (TPSA) is 97.8 Å². The predicted octanol–water partition coefficient (Wildman–Crippen LogP) is 1.29. The number of hydrogen-bond donors (Lipinski definition) is 3.